The molecule has 1 N–H and O–H groups in total. The van der Waals surface area contributed by atoms with E-state index in [4.69, 9.17) is 4.74 Å². The van der Waals surface area contributed by atoms with E-state index in [1.54, 1.807) is 7.11 Å². The molecule has 1 atom stereocenters. The van der Waals surface area contributed by atoms with Gasteiger partial charge in [0.1, 0.15) is 5.75 Å². The number of fused-ring (bicyclic) bond motifs is 1. The molecule has 4 aromatic rings. The van der Waals surface area contributed by atoms with Crippen LogP contribution in [0.1, 0.15) is 33.9 Å². The quantitative estimate of drug-likeness (QED) is 0.455. The van der Waals surface area contributed by atoms with Gasteiger partial charge in [-0.05, 0) is 54.8 Å². The van der Waals surface area contributed by atoms with E-state index in [-0.39, 0.29) is 5.92 Å². The smallest absolute Gasteiger partial charge is 0.118 e. The van der Waals surface area contributed by atoms with Crippen molar-refractivity contribution in [1.29, 1.82) is 0 Å². The van der Waals surface area contributed by atoms with Gasteiger partial charge in [0.2, 0.25) is 0 Å². The molecule has 0 spiro atoms. The first-order chi connectivity index (χ1) is 14.0. The summed E-state index contributed by atoms with van der Waals surface area (Å²) < 4.78 is 7.71. The molecule has 0 aliphatic heterocycles. The van der Waals surface area contributed by atoms with E-state index in [1.165, 1.54) is 38.9 Å². The zero-order valence-electron chi connectivity index (χ0n) is 17.8. The molecular weight excluding hydrogens is 356 g/mol. The number of aryl methyl sites for hydroxylation is 2. The Bertz CT molecular complexity index is 1160. The second-order valence-corrected chi connectivity index (χ2v) is 7.62. The van der Waals surface area contributed by atoms with Gasteiger partial charge >= 0.3 is 0 Å². The van der Waals surface area contributed by atoms with Gasteiger partial charge < -0.3 is 14.6 Å². The van der Waals surface area contributed by atoms with Crippen LogP contribution in [0.25, 0.3) is 10.9 Å². The van der Waals surface area contributed by atoms with E-state index in [0.717, 1.165) is 11.4 Å². The van der Waals surface area contributed by atoms with Crippen molar-refractivity contribution in [3.63, 3.8) is 0 Å². The Kier molecular flexibility index (Phi) is 5.06. The largest absolute Gasteiger partial charge is 0.497 e. The molecule has 0 saturated carbocycles. The van der Waals surface area contributed by atoms with Crippen molar-refractivity contribution < 1.29 is 4.74 Å². The molecule has 0 amide bonds. The number of benzene rings is 3. The normalized spacial score (nSPS) is 12.2. The van der Waals surface area contributed by atoms with Crippen LogP contribution < -0.4 is 10.1 Å². The first-order valence-electron chi connectivity index (χ1n) is 10.0. The highest BCUT2D eigenvalue weighted by Gasteiger charge is 2.26. The molecule has 0 unspecified atom stereocenters. The zero-order valence-corrected chi connectivity index (χ0v) is 17.8. The molecular formula is C26H28N2O. The summed E-state index contributed by atoms with van der Waals surface area (Å²) in [6, 6.07) is 23.8. The highest BCUT2D eigenvalue weighted by Crippen LogP contribution is 2.42. The summed E-state index contributed by atoms with van der Waals surface area (Å²) in [7, 11) is 5.86. The number of hydrogen-bond acceptors (Lipinski definition) is 2. The van der Waals surface area contributed by atoms with Crippen LogP contribution in [0.4, 0.5) is 5.69 Å². The van der Waals surface area contributed by atoms with E-state index in [2.05, 4.69) is 97.5 Å². The zero-order chi connectivity index (χ0) is 20.5. The molecule has 1 heterocycles. The number of anilines is 1. The number of methoxy groups -OCH3 is 1. The Hall–Kier alpha value is -3.20. The summed E-state index contributed by atoms with van der Waals surface area (Å²) >= 11 is 0. The van der Waals surface area contributed by atoms with Gasteiger partial charge in [0.15, 0.2) is 0 Å². The summed E-state index contributed by atoms with van der Waals surface area (Å²) in [5.74, 6) is 0.995. The summed E-state index contributed by atoms with van der Waals surface area (Å²) in [4.78, 5) is 0. The molecule has 148 valence electrons. The Morgan fingerprint density at radius 2 is 1.66 bits per heavy atom. The van der Waals surface area contributed by atoms with Crippen LogP contribution >= 0.6 is 0 Å². The highest BCUT2D eigenvalue weighted by molar-refractivity contribution is 5.87. The predicted octanol–water partition coefficient (Wildman–Crippen LogP) is 6.03. The average molecular weight is 385 g/mol. The van der Waals surface area contributed by atoms with Crippen molar-refractivity contribution in [2.24, 2.45) is 7.05 Å². The topological polar surface area (TPSA) is 26.2 Å². The first kappa shape index (κ1) is 19.1. The van der Waals surface area contributed by atoms with Gasteiger partial charge in [0.05, 0.1) is 7.11 Å². The maximum Gasteiger partial charge on any atom is 0.118 e. The van der Waals surface area contributed by atoms with Gasteiger partial charge in [-0.15, -0.1) is 0 Å². The van der Waals surface area contributed by atoms with Gasteiger partial charge in [-0.2, -0.15) is 0 Å². The van der Waals surface area contributed by atoms with Crippen LogP contribution in [-0.2, 0) is 7.05 Å². The predicted molar refractivity (Wildman–Crippen MR) is 122 cm³/mol. The lowest BCUT2D eigenvalue weighted by atomic mass is 9.82. The fourth-order valence-corrected chi connectivity index (χ4v) is 4.36. The molecule has 4 rings (SSSR count). The van der Waals surface area contributed by atoms with Crippen LogP contribution in [0.3, 0.4) is 0 Å². The molecule has 3 nitrogen and oxygen atoms in total. The maximum atomic E-state index is 5.41. The summed E-state index contributed by atoms with van der Waals surface area (Å²) in [5, 5.41) is 4.71. The third-order valence-corrected chi connectivity index (χ3v) is 5.97. The van der Waals surface area contributed by atoms with E-state index in [0.29, 0.717) is 0 Å². The van der Waals surface area contributed by atoms with Crippen LogP contribution in [0.5, 0.6) is 5.75 Å². The van der Waals surface area contributed by atoms with Gasteiger partial charge in [0, 0.05) is 42.3 Å². The van der Waals surface area contributed by atoms with Crippen LogP contribution in [-0.4, -0.2) is 18.7 Å². The van der Waals surface area contributed by atoms with Gasteiger partial charge in [-0.25, -0.2) is 0 Å². The van der Waals surface area contributed by atoms with Crippen molar-refractivity contribution in [2.45, 2.75) is 19.8 Å². The minimum absolute atomic E-state index is 0.120. The number of nitrogens with one attached hydrogen (secondary N) is 1. The number of ether oxygens (including phenoxy) is 1. The first-order valence-corrected chi connectivity index (χ1v) is 10.0. The third kappa shape index (κ3) is 3.27. The summed E-state index contributed by atoms with van der Waals surface area (Å²) in [6.45, 7) is 4.38. The third-order valence-electron chi connectivity index (χ3n) is 5.97. The SMILES string of the molecule is CNc1ccc(C)cc1[C@H](c1ccc(OC)cc1)c1c(C)n(C)c2ccccc12. The molecule has 3 aromatic carbocycles. The fourth-order valence-electron chi connectivity index (χ4n) is 4.36. The molecule has 0 aliphatic rings. The Morgan fingerprint density at radius 1 is 0.931 bits per heavy atom. The standard InChI is InChI=1S/C26H28N2O/c1-17-10-15-23(27-3)22(16-17)26(19-11-13-20(29-5)14-12-19)25-18(2)28(4)24-9-7-6-8-21(24)25/h6-16,26-27H,1-5H3/t26-/m0/s1. The Labute approximate surface area is 172 Å². The van der Waals surface area contributed by atoms with Crippen LogP contribution in [0, 0.1) is 13.8 Å². The second-order valence-electron chi connectivity index (χ2n) is 7.62. The molecule has 0 fully saturated rings. The van der Waals surface area contributed by atoms with E-state index >= 15 is 0 Å². The molecule has 0 aliphatic carbocycles. The van der Waals surface area contributed by atoms with Crippen molar-refractivity contribution >= 4 is 16.6 Å². The molecule has 0 radical (unpaired) electrons. The summed E-state index contributed by atoms with van der Waals surface area (Å²) in [5.41, 5.74) is 8.87. The summed E-state index contributed by atoms with van der Waals surface area (Å²) in [6.07, 6.45) is 0. The lowest BCUT2D eigenvalue weighted by Gasteiger charge is -2.23. The van der Waals surface area contributed by atoms with E-state index in [9.17, 15) is 0 Å². The Morgan fingerprint density at radius 3 is 2.34 bits per heavy atom. The van der Waals surface area contributed by atoms with Crippen LogP contribution in [0.15, 0.2) is 66.7 Å². The Balaban J connectivity index is 2.05. The van der Waals surface area contributed by atoms with Gasteiger partial charge in [-0.3, -0.25) is 0 Å². The minimum atomic E-state index is 0.120. The fraction of sp³-hybridized carbons (Fsp3) is 0.231. The van der Waals surface area contributed by atoms with Gasteiger partial charge in [-0.1, -0.05) is 48.0 Å². The van der Waals surface area contributed by atoms with Crippen molar-refractivity contribution in [2.75, 3.05) is 19.5 Å². The van der Waals surface area contributed by atoms with Gasteiger partial charge in [0.25, 0.3) is 0 Å². The van der Waals surface area contributed by atoms with Crippen molar-refractivity contribution in [3.8, 4) is 5.75 Å². The van der Waals surface area contributed by atoms with Crippen molar-refractivity contribution in [1.82, 2.24) is 4.57 Å². The number of para-hydroxylation sites is 1. The number of hydrogen-bond donors (Lipinski definition) is 1. The van der Waals surface area contributed by atoms with Crippen molar-refractivity contribution in [3.05, 3.63) is 94.7 Å². The lowest BCUT2D eigenvalue weighted by molar-refractivity contribution is 0.414. The molecule has 29 heavy (non-hydrogen) atoms. The van der Waals surface area contributed by atoms with E-state index in [1.807, 2.05) is 7.05 Å². The maximum absolute atomic E-state index is 5.41. The number of rotatable bonds is 5. The second kappa shape index (κ2) is 7.67. The molecule has 0 bridgehead atoms. The monoisotopic (exact) mass is 384 g/mol. The molecule has 1 aromatic heterocycles. The molecule has 3 heteroatoms. The van der Waals surface area contributed by atoms with Crippen LogP contribution in [0.2, 0.25) is 0 Å². The lowest BCUT2D eigenvalue weighted by Crippen LogP contribution is -2.09. The van der Waals surface area contributed by atoms with E-state index < -0.39 is 0 Å². The minimum Gasteiger partial charge on any atom is -0.497 e. The number of nitrogens with zero attached hydrogens (tertiary/aromatic N) is 1. The number of aromatic nitrogens is 1. The molecule has 0 saturated heterocycles. The average Bonchev–Trinajstić information content (AvgIpc) is 3.00. The highest BCUT2D eigenvalue weighted by atomic mass is 16.5.